The molecule has 1 aliphatic rings. The maximum absolute atomic E-state index is 13.7. The number of aromatic hydroxyl groups is 1. The van der Waals surface area contributed by atoms with Crippen LogP contribution in [0.1, 0.15) is 31.4 Å². The van der Waals surface area contributed by atoms with Crippen LogP contribution in [0.4, 0.5) is 15.9 Å². The molecule has 0 bridgehead atoms. The maximum Gasteiger partial charge on any atom is 0.154 e. The number of anilines is 2. The van der Waals surface area contributed by atoms with Crippen LogP contribution < -0.4 is 10.2 Å². The standard InChI is InChI=1S/C24H25FN6O2/c1-15(19-11-16(25)4-5-22(19)33)28-23-6-7-24-27-13-21(31(24)29-23)20-12-17(8-9-26-20)30-10-2-3-18(32)14-30/h4-9,11-13,15,18,32-33H,2-3,10,14H2,1H3,(H,28,29)/t15-,18+/m1/s1. The van der Waals surface area contributed by atoms with Crippen LogP contribution in [0, 0.1) is 5.82 Å². The number of aromatic nitrogens is 4. The van der Waals surface area contributed by atoms with Crippen molar-refractivity contribution in [3.63, 3.8) is 0 Å². The van der Waals surface area contributed by atoms with Gasteiger partial charge in [-0.05, 0) is 62.2 Å². The molecule has 0 amide bonds. The third-order valence-electron chi connectivity index (χ3n) is 5.95. The van der Waals surface area contributed by atoms with Crippen molar-refractivity contribution in [1.82, 2.24) is 19.6 Å². The molecule has 1 saturated heterocycles. The Morgan fingerprint density at radius 3 is 2.88 bits per heavy atom. The molecule has 0 unspecified atom stereocenters. The van der Waals surface area contributed by atoms with E-state index in [1.54, 1.807) is 23.0 Å². The van der Waals surface area contributed by atoms with Crippen molar-refractivity contribution in [2.24, 2.45) is 0 Å². The van der Waals surface area contributed by atoms with Crippen molar-refractivity contribution in [1.29, 1.82) is 0 Å². The van der Waals surface area contributed by atoms with Crippen molar-refractivity contribution >= 4 is 17.2 Å². The molecule has 3 aromatic heterocycles. The van der Waals surface area contributed by atoms with Gasteiger partial charge in [-0.25, -0.2) is 13.9 Å². The highest BCUT2D eigenvalue weighted by atomic mass is 19.1. The first kappa shape index (κ1) is 21.1. The Bertz CT molecular complexity index is 1290. The maximum atomic E-state index is 13.7. The fourth-order valence-electron chi connectivity index (χ4n) is 4.24. The number of phenols is 1. The zero-order valence-electron chi connectivity index (χ0n) is 18.2. The van der Waals surface area contributed by atoms with Crippen LogP contribution in [-0.4, -0.2) is 49.0 Å². The minimum absolute atomic E-state index is 0.0182. The Balaban J connectivity index is 1.44. The third-order valence-corrected chi connectivity index (χ3v) is 5.95. The SMILES string of the molecule is C[C@@H](Nc1ccc2ncc(-c3cc(N4CCC[C@H](O)C4)ccn3)n2n1)c1cc(F)ccc1O. The number of aliphatic hydroxyl groups is 1. The fourth-order valence-corrected chi connectivity index (χ4v) is 4.24. The number of nitrogens with one attached hydrogen (secondary N) is 1. The second kappa shape index (κ2) is 8.67. The summed E-state index contributed by atoms with van der Waals surface area (Å²) in [4.78, 5) is 11.1. The normalized spacial score (nSPS) is 17.3. The Labute approximate surface area is 190 Å². The third kappa shape index (κ3) is 4.31. The summed E-state index contributed by atoms with van der Waals surface area (Å²) in [6, 6.07) is 11.0. The van der Waals surface area contributed by atoms with Crippen LogP contribution in [0.3, 0.4) is 0 Å². The van der Waals surface area contributed by atoms with Gasteiger partial charge >= 0.3 is 0 Å². The first-order valence-electron chi connectivity index (χ1n) is 11.0. The molecule has 9 heteroatoms. The smallest absolute Gasteiger partial charge is 0.154 e. The number of halogens is 1. The van der Waals surface area contributed by atoms with Crippen LogP contribution >= 0.6 is 0 Å². The van der Waals surface area contributed by atoms with E-state index in [2.05, 4.69) is 25.3 Å². The van der Waals surface area contributed by atoms with Crippen LogP contribution in [-0.2, 0) is 0 Å². The number of aliphatic hydroxyl groups excluding tert-OH is 1. The Morgan fingerprint density at radius 2 is 2.03 bits per heavy atom. The number of hydrogen-bond acceptors (Lipinski definition) is 7. The molecule has 170 valence electrons. The second-order valence-corrected chi connectivity index (χ2v) is 8.34. The lowest BCUT2D eigenvalue weighted by Gasteiger charge is -2.32. The number of nitrogens with zero attached hydrogens (tertiary/aromatic N) is 5. The van der Waals surface area contributed by atoms with Gasteiger partial charge in [-0.15, -0.1) is 5.10 Å². The number of hydrogen-bond donors (Lipinski definition) is 3. The second-order valence-electron chi connectivity index (χ2n) is 8.34. The van der Waals surface area contributed by atoms with E-state index in [0.29, 0.717) is 23.6 Å². The molecular formula is C24H25FN6O2. The summed E-state index contributed by atoms with van der Waals surface area (Å²) >= 11 is 0. The van der Waals surface area contributed by atoms with Crippen LogP contribution in [0.15, 0.2) is 54.9 Å². The number of piperidine rings is 1. The van der Waals surface area contributed by atoms with Gasteiger partial charge in [0.05, 0.1) is 24.0 Å². The Hall–Kier alpha value is -3.72. The van der Waals surface area contributed by atoms with Gasteiger partial charge in [-0.3, -0.25) is 4.98 Å². The van der Waals surface area contributed by atoms with Gasteiger partial charge in [0.15, 0.2) is 5.65 Å². The zero-order valence-corrected chi connectivity index (χ0v) is 18.2. The number of phenolic OH excluding ortho intramolecular Hbond substituents is 1. The minimum Gasteiger partial charge on any atom is -0.508 e. The van der Waals surface area contributed by atoms with E-state index in [4.69, 9.17) is 0 Å². The minimum atomic E-state index is -0.413. The van der Waals surface area contributed by atoms with E-state index < -0.39 is 5.82 Å². The molecule has 4 aromatic rings. The molecule has 1 fully saturated rings. The summed E-state index contributed by atoms with van der Waals surface area (Å²) in [6.45, 7) is 3.33. The summed E-state index contributed by atoms with van der Waals surface area (Å²) in [5.41, 5.74) is 3.56. The van der Waals surface area contributed by atoms with Crippen molar-refractivity contribution in [2.45, 2.75) is 31.9 Å². The molecule has 5 rings (SSSR count). The number of rotatable bonds is 5. The van der Waals surface area contributed by atoms with Crippen LogP contribution in [0.5, 0.6) is 5.75 Å². The van der Waals surface area contributed by atoms with Gasteiger partial charge in [-0.2, -0.15) is 0 Å². The average Bonchev–Trinajstić information content (AvgIpc) is 3.24. The zero-order chi connectivity index (χ0) is 22.9. The van der Waals surface area contributed by atoms with Gasteiger partial charge in [0, 0.05) is 30.5 Å². The first-order valence-corrected chi connectivity index (χ1v) is 11.0. The molecule has 4 heterocycles. The molecule has 33 heavy (non-hydrogen) atoms. The predicted molar refractivity (Wildman–Crippen MR) is 124 cm³/mol. The Kier molecular flexibility index (Phi) is 5.55. The summed E-state index contributed by atoms with van der Waals surface area (Å²) in [7, 11) is 0. The Morgan fingerprint density at radius 1 is 1.15 bits per heavy atom. The van der Waals surface area contributed by atoms with Crippen molar-refractivity contribution in [2.75, 3.05) is 23.3 Å². The lowest BCUT2D eigenvalue weighted by atomic mass is 10.1. The van der Waals surface area contributed by atoms with Gasteiger partial charge < -0.3 is 20.4 Å². The predicted octanol–water partition coefficient (Wildman–Crippen LogP) is 3.77. The topological polar surface area (TPSA) is 98.8 Å². The highest BCUT2D eigenvalue weighted by molar-refractivity contribution is 5.65. The molecule has 0 saturated carbocycles. The number of benzene rings is 1. The highest BCUT2D eigenvalue weighted by Gasteiger charge is 2.19. The average molecular weight is 449 g/mol. The molecular weight excluding hydrogens is 423 g/mol. The van der Waals surface area contributed by atoms with Crippen molar-refractivity contribution in [3.8, 4) is 17.1 Å². The van der Waals surface area contributed by atoms with E-state index in [1.165, 1.54) is 18.2 Å². The van der Waals surface area contributed by atoms with E-state index in [0.717, 1.165) is 36.5 Å². The van der Waals surface area contributed by atoms with Gasteiger partial charge in [0.2, 0.25) is 0 Å². The molecule has 1 aliphatic heterocycles. The lowest BCUT2D eigenvalue weighted by molar-refractivity contribution is 0.154. The quantitative estimate of drug-likeness (QED) is 0.427. The van der Waals surface area contributed by atoms with E-state index in [-0.39, 0.29) is 17.9 Å². The molecule has 2 atom stereocenters. The molecule has 0 aliphatic carbocycles. The van der Waals surface area contributed by atoms with Crippen LogP contribution in [0.25, 0.3) is 17.0 Å². The van der Waals surface area contributed by atoms with Crippen molar-refractivity contribution < 1.29 is 14.6 Å². The van der Waals surface area contributed by atoms with Gasteiger partial charge in [0.1, 0.15) is 23.1 Å². The molecule has 0 radical (unpaired) electrons. The molecule has 3 N–H and O–H groups in total. The largest absolute Gasteiger partial charge is 0.508 e. The number of β-amino-alcohol motifs (C(OH)–C–C–N with tert-alkyl or cyclic N) is 1. The lowest BCUT2D eigenvalue weighted by Crippen LogP contribution is -2.38. The van der Waals surface area contributed by atoms with Crippen molar-refractivity contribution in [3.05, 3.63) is 66.2 Å². The summed E-state index contributed by atoms with van der Waals surface area (Å²) in [5, 5.41) is 28.0. The number of fused-ring (bicyclic) bond motifs is 1. The highest BCUT2D eigenvalue weighted by Crippen LogP contribution is 2.29. The van der Waals surface area contributed by atoms with Gasteiger partial charge in [-0.1, -0.05) is 0 Å². The van der Waals surface area contributed by atoms with Gasteiger partial charge in [0.25, 0.3) is 0 Å². The van der Waals surface area contributed by atoms with E-state index in [1.807, 2.05) is 25.1 Å². The summed E-state index contributed by atoms with van der Waals surface area (Å²) in [6.07, 6.45) is 4.94. The number of imidazole rings is 1. The number of pyridine rings is 1. The monoisotopic (exact) mass is 448 g/mol. The molecule has 8 nitrogen and oxygen atoms in total. The molecule has 0 spiro atoms. The van der Waals surface area contributed by atoms with E-state index >= 15 is 0 Å². The van der Waals surface area contributed by atoms with E-state index in [9.17, 15) is 14.6 Å². The molecule has 1 aromatic carbocycles. The summed E-state index contributed by atoms with van der Waals surface area (Å²) in [5.74, 6) is 0.154. The van der Waals surface area contributed by atoms with Crippen LogP contribution in [0.2, 0.25) is 0 Å². The first-order chi connectivity index (χ1) is 16.0. The summed E-state index contributed by atoms with van der Waals surface area (Å²) < 4.78 is 15.4. The fraction of sp³-hybridized carbons (Fsp3) is 0.292.